The number of nitrogens with zero attached hydrogens (tertiary/aromatic N) is 2. The normalized spacial score (nSPS) is 25.5. The first kappa shape index (κ1) is 14.3. The maximum Gasteiger partial charge on any atom is 0.0959 e. The van der Waals surface area contributed by atoms with Gasteiger partial charge < -0.3 is 5.32 Å². The molecule has 1 N–H and O–H groups in total. The van der Waals surface area contributed by atoms with Crippen LogP contribution in [0.4, 0.5) is 0 Å². The van der Waals surface area contributed by atoms with Crippen molar-refractivity contribution in [1.82, 2.24) is 15.2 Å². The molecule has 0 bridgehead atoms. The van der Waals surface area contributed by atoms with Gasteiger partial charge in [0.05, 0.1) is 5.01 Å². The van der Waals surface area contributed by atoms with Gasteiger partial charge in [-0.25, -0.2) is 4.98 Å². The van der Waals surface area contributed by atoms with E-state index in [1.807, 2.05) is 11.3 Å². The molecule has 2 fully saturated rings. The molecule has 2 aliphatic rings. The molecule has 2 heterocycles. The quantitative estimate of drug-likeness (QED) is 0.926. The van der Waals surface area contributed by atoms with Gasteiger partial charge in [-0.2, -0.15) is 0 Å². The van der Waals surface area contributed by atoms with Crippen molar-refractivity contribution in [3.8, 4) is 0 Å². The molecule has 5 heteroatoms. The van der Waals surface area contributed by atoms with E-state index in [1.165, 1.54) is 35.7 Å². The van der Waals surface area contributed by atoms with Crippen LogP contribution in [0.2, 0.25) is 0 Å². The molecule has 1 aromatic heterocycles. The zero-order valence-corrected chi connectivity index (χ0v) is 12.5. The highest BCUT2D eigenvalue weighted by atomic mass is 35.5. The summed E-state index contributed by atoms with van der Waals surface area (Å²) >= 11 is 1.94. The molecule has 1 saturated heterocycles. The summed E-state index contributed by atoms with van der Waals surface area (Å²) < 4.78 is 0. The standard InChI is InChI=1S/C13H21N3S.ClH/c1-10-8-16(6-5-14-10)9-12-7-15-13(17-12)11-3-2-4-11;/h7,10-11,14H,2-6,8-9H2,1H3;1H/t10-;/m0./s1. The van der Waals surface area contributed by atoms with Crippen LogP contribution in [0.25, 0.3) is 0 Å². The van der Waals surface area contributed by atoms with Gasteiger partial charge in [-0.3, -0.25) is 4.90 Å². The second-order valence-electron chi connectivity index (χ2n) is 5.38. The molecule has 1 aliphatic heterocycles. The lowest BCUT2D eigenvalue weighted by Gasteiger charge is -2.31. The van der Waals surface area contributed by atoms with Gasteiger partial charge in [0.25, 0.3) is 0 Å². The lowest BCUT2D eigenvalue weighted by atomic mass is 9.86. The van der Waals surface area contributed by atoms with Crippen LogP contribution >= 0.6 is 23.7 Å². The molecule has 3 nitrogen and oxygen atoms in total. The number of aromatic nitrogens is 1. The third-order valence-electron chi connectivity index (χ3n) is 3.86. The molecular weight excluding hydrogens is 266 g/mol. The maximum absolute atomic E-state index is 4.60. The number of hydrogen-bond acceptors (Lipinski definition) is 4. The van der Waals surface area contributed by atoms with Crippen LogP contribution in [0.1, 0.15) is 42.0 Å². The van der Waals surface area contributed by atoms with E-state index in [2.05, 4.69) is 28.3 Å². The van der Waals surface area contributed by atoms with E-state index in [9.17, 15) is 0 Å². The lowest BCUT2D eigenvalue weighted by molar-refractivity contribution is 0.201. The van der Waals surface area contributed by atoms with E-state index in [0.717, 1.165) is 25.6 Å². The summed E-state index contributed by atoms with van der Waals surface area (Å²) in [5, 5.41) is 4.87. The smallest absolute Gasteiger partial charge is 0.0959 e. The van der Waals surface area contributed by atoms with Gasteiger partial charge in [0.2, 0.25) is 0 Å². The molecule has 1 aromatic rings. The van der Waals surface area contributed by atoms with Gasteiger partial charge in [-0.1, -0.05) is 6.42 Å². The van der Waals surface area contributed by atoms with E-state index in [1.54, 1.807) is 0 Å². The van der Waals surface area contributed by atoms with Gasteiger partial charge in [0.1, 0.15) is 0 Å². The molecule has 1 atom stereocenters. The van der Waals surface area contributed by atoms with Gasteiger partial charge >= 0.3 is 0 Å². The van der Waals surface area contributed by atoms with Crippen molar-refractivity contribution in [1.29, 1.82) is 0 Å². The zero-order valence-electron chi connectivity index (χ0n) is 10.9. The van der Waals surface area contributed by atoms with Crippen molar-refractivity contribution in [3.05, 3.63) is 16.1 Å². The Labute approximate surface area is 119 Å². The summed E-state index contributed by atoms with van der Waals surface area (Å²) in [6.45, 7) is 6.81. The summed E-state index contributed by atoms with van der Waals surface area (Å²) in [6.07, 6.45) is 6.22. The number of thiazole rings is 1. The summed E-state index contributed by atoms with van der Waals surface area (Å²) in [5.41, 5.74) is 0. The van der Waals surface area contributed by atoms with Gasteiger partial charge in [0.15, 0.2) is 0 Å². The Morgan fingerprint density at radius 2 is 2.33 bits per heavy atom. The Hall–Kier alpha value is -0.160. The molecular formula is C13H22ClN3S. The van der Waals surface area contributed by atoms with E-state index in [4.69, 9.17) is 0 Å². The summed E-state index contributed by atoms with van der Waals surface area (Å²) in [6, 6.07) is 0.628. The Balaban J connectivity index is 0.00000120. The van der Waals surface area contributed by atoms with Gasteiger partial charge in [0, 0.05) is 49.2 Å². The number of hydrogen-bond donors (Lipinski definition) is 1. The number of nitrogens with one attached hydrogen (secondary N) is 1. The Morgan fingerprint density at radius 1 is 1.50 bits per heavy atom. The highest BCUT2D eigenvalue weighted by Crippen LogP contribution is 2.38. The molecule has 18 heavy (non-hydrogen) atoms. The van der Waals surface area contributed by atoms with Crippen molar-refractivity contribution in [3.63, 3.8) is 0 Å². The predicted octanol–water partition coefficient (Wildman–Crippen LogP) is 2.63. The molecule has 1 saturated carbocycles. The minimum absolute atomic E-state index is 0. The first-order chi connectivity index (χ1) is 8.31. The third-order valence-corrected chi connectivity index (χ3v) is 5.00. The van der Waals surface area contributed by atoms with Crippen molar-refractivity contribution in [2.45, 2.75) is 44.7 Å². The zero-order chi connectivity index (χ0) is 11.7. The number of rotatable bonds is 3. The van der Waals surface area contributed by atoms with E-state index in [-0.39, 0.29) is 12.4 Å². The van der Waals surface area contributed by atoms with Gasteiger partial charge in [-0.15, -0.1) is 23.7 Å². The maximum atomic E-state index is 4.60. The van der Waals surface area contributed by atoms with Crippen molar-refractivity contribution in [2.75, 3.05) is 19.6 Å². The summed E-state index contributed by atoms with van der Waals surface area (Å²) in [5.74, 6) is 0.788. The Morgan fingerprint density at radius 3 is 3.00 bits per heavy atom. The molecule has 0 unspecified atom stereocenters. The molecule has 1 aliphatic carbocycles. The fourth-order valence-electron chi connectivity index (χ4n) is 2.62. The van der Waals surface area contributed by atoms with Crippen molar-refractivity contribution in [2.24, 2.45) is 0 Å². The Bertz CT molecular complexity index is 378. The molecule has 0 radical (unpaired) electrons. The molecule has 102 valence electrons. The molecule has 0 amide bonds. The van der Waals surface area contributed by atoms with Crippen LogP contribution in [-0.4, -0.2) is 35.6 Å². The van der Waals surface area contributed by atoms with Gasteiger partial charge in [-0.05, 0) is 19.8 Å². The van der Waals surface area contributed by atoms with Crippen molar-refractivity contribution >= 4 is 23.7 Å². The van der Waals surface area contributed by atoms with Crippen LogP contribution in [0.3, 0.4) is 0 Å². The van der Waals surface area contributed by atoms with Crippen LogP contribution in [0, 0.1) is 0 Å². The van der Waals surface area contributed by atoms with E-state index >= 15 is 0 Å². The second-order valence-corrected chi connectivity index (χ2v) is 6.53. The highest BCUT2D eigenvalue weighted by Gasteiger charge is 2.23. The van der Waals surface area contributed by atoms with Crippen LogP contribution in [-0.2, 0) is 6.54 Å². The fraction of sp³-hybridized carbons (Fsp3) is 0.769. The topological polar surface area (TPSA) is 28.2 Å². The van der Waals surface area contributed by atoms with Crippen LogP contribution < -0.4 is 5.32 Å². The highest BCUT2D eigenvalue weighted by molar-refractivity contribution is 7.11. The first-order valence-corrected chi connectivity index (χ1v) is 7.53. The predicted molar refractivity (Wildman–Crippen MR) is 78.7 cm³/mol. The summed E-state index contributed by atoms with van der Waals surface area (Å²) in [7, 11) is 0. The monoisotopic (exact) mass is 287 g/mol. The van der Waals surface area contributed by atoms with Crippen LogP contribution in [0.5, 0.6) is 0 Å². The molecule has 0 aromatic carbocycles. The second kappa shape index (κ2) is 6.33. The fourth-order valence-corrected chi connectivity index (χ4v) is 3.74. The first-order valence-electron chi connectivity index (χ1n) is 6.71. The van der Waals surface area contributed by atoms with Crippen LogP contribution in [0.15, 0.2) is 6.20 Å². The van der Waals surface area contributed by atoms with Crippen molar-refractivity contribution < 1.29 is 0 Å². The minimum Gasteiger partial charge on any atom is -0.312 e. The number of halogens is 1. The summed E-state index contributed by atoms with van der Waals surface area (Å²) in [4.78, 5) is 8.59. The lowest BCUT2D eigenvalue weighted by Crippen LogP contribution is -2.48. The largest absolute Gasteiger partial charge is 0.312 e. The number of piperazine rings is 1. The molecule has 3 rings (SSSR count). The minimum atomic E-state index is 0. The van der Waals surface area contributed by atoms with E-state index < -0.39 is 0 Å². The molecule has 0 spiro atoms. The van der Waals surface area contributed by atoms with E-state index in [0.29, 0.717) is 6.04 Å². The SMILES string of the molecule is C[C@H]1CN(Cc2cnc(C3CCC3)s2)CCN1.Cl. The average molecular weight is 288 g/mol. The Kier molecular flexibility index (Phi) is 5.01. The average Bonchev–Trinajstić information content (AvgIpc) is 2.63. The third kappa shape index (κ3) is 3.23.